The van der Waals surface area contributed by atoms with Gasteiger partial charge in [0.2, 0.25) is 5.91 Å². The van der Waals surface area contributed by atoms with Gasteiger partial charge in [0, 0.05) is 19.2 Å². The Balaban J connectivity index is 2.11. The zero-order valence-electron chi connectivity index (χ0n) is 24.4. The molecule has 0 saturated carbocycles. The maximum absolute atomic E-state index is 14.3. The average molecular weight is 569 g/mol. The van der Waals surface area contributed by atoms with Crippen LogP contribution < -0.4 is 0 Å². The standard InChI is InChI=1S/C29H42F2N2O7/c1-17(2)24-15-38-27(35)33(24)26(34)22(13-19-11-20(30)14-21(31)12-19)25(39-16-37-7)23-10-8-9-18(3)32(23)28(36)40-29(4,5)6/h11-12,14,17-18,22-25H,8-10,13,15-16H2,1-7H3/t18-,22-,23+,24+,25-/m0/s1. The zero-order valence-corrected chi connectivity index (χ0v) is 24.4. The number of halogens is 2. The van der Waals surface area contributed by atoms with E-state index >= 15 is 0 Å². The molecular formula is C29H42F2N2O7. The van der Waals surface area contributed by atoms with Crippen molar-refractivity contribution in [1.29, 1.82) is 0 Å². The molecule has 3 amide bonds. The fourth-order valence-electron chi connectivity index (χ4n) is 5.51. The molecule has 5 atom stereocenters. The van der Waals surface area contributed by atoms with Crippen molar-refractivity contribution in [3.8, 4) is 0 Å². The van der Waals surface area contributed by atoms with Gasteiger partial charge in [-0.05, 0) is 77.0 Å². The minimum absolute atomic E-state index is 0.0393. The van der Waals surface area contributed by atoms with E-state index in [2.05, 4.69) is 0 Å². The first kappa shape index (κ1) is 31.7. The van der Waals surface area contributed by atoms with Crippen LogP contribution >= 0.6 is 0 Å². The van der Waals surface area contributed by atoms with Gasteiger partial charge in [0.05, 0.1) is 24.1 Å². The monoisotopic (exact) mass is 568 g/mol. The Morgan fingerprint density at radius 1 is 1.10 bits per heavy atom. The van der Waals surface area contributed by atoms with Crippen LogP contribution in [0.25, 0.3) is 0 Å². The second-order valence-corrected chi connectivity index (χ2v) is 12.0. The van der Waals surface area contributed by atoms with Crippen molar-refractivity contribution in [1.82, 2.24) is 9.80 Å². The van der Waals surface area contributed by atoms with E-state index in [9.17, 15) is 23.2 Å². The lowest BCUT2D eigenvalue weighted by Gasteiger charge is -2.46. The van der Waals surface area contributed by atoms with Crippen molar-refractivity contribution in [2.24, 2.45) is 11.8 Å². The van der Waals surface area contributed by atoms with Gasteiger partial charge >= 0.3 is 12.2 Å². The molecule has 0 N–H and O–H groups in total. The minimum atomic E-state index is -1.11. The fourth-order valence-corrected chi connectivity index (χ4v) is 5.51. The van der Waals surface area contributed by atoms with E-state index in [1.807, 2.05) is 20.8 Å². The first-order valence-corrected chi connectivity index (χ1v) is 13.8. The number of likely N-dealkylation sites (tertiary alicyclic amines) is 1. The number of imide groups is 1. The van der Waals surface area contributed by atoms with E-state index in [-0.39, 0.29) is 37.3 Å². The van der Waals surface area contributed by atoms with Crippen molar-refractivity contribution in [2.45, 2.75) is 97.1 Å². The zero-order chi connectivity index (χ0) is 29.8. The van der Waals surface area contributed by atoms with E-state index < -0.39 is 59.4 Å². The van der Waals surface area contributed by atoms with E-state index in [1.54, 1.807) is 25.7 Å². The number of rotatable bonds is 9. The van der Waals surface area contributed by atoms with Gasteiger partial charge in [-0.25, -0.2) is 23.3 Å². The Morgan fingerprint density at radius 2 is 1.75 bits per heavy atom. The summed E-state index contributed by atoms with van der Waals surface area (Å²) in [5.41, 5.74) is -0.553. The summed E-state index contributed by atoms with van der Waals surface area (Å²) in [5, 5.41) is 0. The molecule has 1 aromatic rings. The molecule has 40 heavy (non-hydrogen) atoms. The first-order valence-electron chi connectivity index (χ1n) is 13.8. The van der Waals surface area contributed by atoms with Gasteiger partial charge in [-0.3, -0.25) is 9.69 Å². The van der Waals surface area contributed by atoms with Crippen molar-refractivity contribution in [3.05, 3.63) is 35.4 Å². The molecule has 0 spiro atoms. The minimum Gasteiger partial charge on any atom is -0.447 e. The number of methoxy groups -OCH3 is 1. The Kier molecular flexibility index (Phi) is 10.5. The van der Waals surface area contributed by atoms with Crippen LogP contribution in [0.15, 0.2) is 18.2 Å². The van der Waals surface area contributed by atoms with E-state index in [1.165, 1.54) is 7.11 Å². The average Bonchev–Trinajstić information content (AvgIpc) is 3.23. The lowest BCUT2D eigenvalue weighted by Crippen LogP contribution is -2.60. The largest absolute Gasteiger partial charge is 0.447 e. The predicted octanol–water partition coefficient (Wildman–Crippen LogP) is 5.29. The number of hydrogen-bond acceptors (Lipinski definition) is 7. The number of nitrogens with zero attached hydrogens (tertiary/aromatic N) is 2. The summed E-state index contributed by atoms with van der Waals surface area (Å²) in [5.74, 6) is -3.40. The quantitative estimate of drug-likeness (QED) is 0.374. The van der Waals surface area contributed by atoms with Crippen LogP contribution in [0.4, 0.5) is 18.4 Å². The van der Waals surface area contributed by atoms with Crippen molar-refractivity contribution in [3.63, 3.8) is 0 Å². The summed E-state index contributed by atoms with van der Waals surface area (Å²) in [4.78, 5) is 43.2. The van der Waals surface area contributed by atoms with Crippen LogP contribution in [0.2, 0.25) is 0 Å². The molecule has 0 radical (unpaired) electrons. The molecule has 224 valence electrons. The van der Waals surface area contributed by atoms with Crippen molar-refractivity contribution < 1.29 is 42.1 Å². The van der Waals surface area contributed by atoms with E-state index in [0.29, 0.717) is 12.8 Å². The molecule has 11 heteroatoms. The highest BCUT2D eigenvalue weighted by Gasteiger charge is 2.49. The molecule has 0 bridgehead atoms. The molecular weight excluding hydrogens is 526 g/mol. The van der Waals surface area contributed by atoms with Crippen LogP contribution in [0.1, 0.15) is 66.4 Å². The Bertz CT molecular complexity index is 1040. The van der Waals surface area contributed by atoms with Gasteiger partial charge in [0.1, 0.15) is 30.6 Å². The Labute approximate surface area is 235 Å². The van der Waals surface area contributed by atoms with Crippen molar-refractivity contribution in [2.75, 3.05) is 20.5 Å². The van der Waals surface area contributed by atoms with Crippen LogP contribution in [-0.2, 0) is 30.2 Å². The summed E-state index contributed by atoms with van der Waals surface area (Å²) >= 11 is 0. The lowest BCUT2D eigenvalue weighted by molar-refractivity contribution is -0.156. The smallest absolute Gasteiger partial charge is 0.416 e. The molecule has 2 aliphatic rings. The number of carbonyl (C=O) groups excluding carboxylic acids is 3. The molecule has 2 heterocycles. The number of amides is 3. The highest BCUT2D eigenvalue weighted by Crippen LogP contribution is 2.34. The van der Waals surface area contributed by atoms with Gasteiger partial charge < -0.3 is 18.9 Å². The van der Waals surface area contributed by atoms with Gasteiger partial charge in [0.15, 0.2) is 0 Å². The number of benzene rings is 1. The van der Waals surface area contributed by atoms with Crippen LogP contribution in [-0.4, -0.2) is 78.2 Å². The molecule has 0 aromatic heterocycles. The summed E-state index contributed by atoms with van der Waals surface area (Å²) in [6.07, 6.45) is -0.538. The van der Waals surface area contributed by atoms with Gasteiger partial charge in [-0.2, -0.15) is 0 Å². The van der Waals surface area contributed by atoms with Crippen molar-refractivity contribution >= 4 is 18.1 Å². The van der Waals surface area contributed by atoms with Crippen LogP contribution in [0.3, 0.4) is 0 Å². The normalized spacial score (nSPS) is 23.2. The summed E-state index contributed by atoms with van der Waals surface area (Å²) in [6.45, 7) is 10.8. The molecule has 1 aromatic carbocycles. The maximum atomic E-state index is 14.3. The molecule has 2 fully saturated rings. The van der Waals surface area contributed by atoms with Crippen LogP contribution in [0, 0.1) is 23.5 Å². The van der Waals surface area contributed by atoms with Gasteiger partial charge in [0.25, 0.3) is 0 Å². The molecule has 0 aliphatic carbocycles. The number of piperidine rings is 1. The number of hydrogen-bond donors (Lipinski definition) is 0. The third kappa shape index (κ3) is 7.69. The van der Waals surface area contributed by atoms with Gasteiger partial charge in [-0.15, -0.1) is 0 Å². The molecule has 2 aliphatic heterocycles. The highest BCUT2D eigenvalue weighted by molar-refractivity contribution is 5.95. The maximum Gasteiger partial charge on any atom is 0.416 e. The summed E-state index contributed by atoms with van der Waals surface area (Å²) in [7, 11) is 1.43. The van der Waals surface area contributed by atoms with E-state index in [4.69, 9.17) is 18.9 Å². The summed E-state index contributed by atoms with van der Waals surface area (Å²) in [6, 6.07) is 1.64. The second-order valence-electron chi connectivity index (χ2n) is 12.0. The first-order chi connectivity index (χ1) is 18.7. The SMILES string of the molecule is COCO[C@@H]([C@H](Cc1cc(F)cc(F)c1)C(=O)N1C(=O)OC[C@@H]1C(C)C)[C@H]1CCC[C@H](C)N1C(=O)OC(C)(C)C. The second kappa shape index (κ2) is 13.2. The fraction of sp³-hybridized carbons (Fsp3) is 0.690. The Hall–Kier alpha value is -2.79. The molecule has 2 saturated heterocycles. The lowest BCUT2D eigenvalue weighted by atomic mass is 9.83. The third-order valence-electron chi connectivity index (χ3n) is 7.32. The van der Waals surface area contributed by atoms with Crippen LogP contribution in [0.5, 0.6) is 0 Å². The topological polar surface area (TPSA) is 94.6 Å². The molecule has 0 unspecified atom stereocenters. The molecule has 3 rings (SSSR count). The predicted molar refractivity (Wildman–Crippen MR) is 142 cm³/mol. The number of carbonyl (C=O) groups is 3. The highest BCUT2D eigenvalue weighted by atomic mass is 19.1. The van der Waals surface area contributed by atoms with E-state index in [0.717, 1.165) is 29.5 Å². The molecule has 9 nitrogen and oxygen atoms in total. The van der Waals surface area contributed by atoms with Gasteiger partial charge in [-0.1, -0.05) is 13.8 Å². The summed E-state index contributed by atoms with van der Waals surface area (Å²) < 4.78 is 50.7. The third-order valence-corrected chi connectivity index (χ3v) is 7.32. The number of ether oxygens (including phenoxy) is 4. The number of cyclic esters (lactones) is 1. The Morgan fingerprint density at radius 3 is 2.33 bits per heavy atom.